The van der Waals surface area contributed by atoms with Gasteiger partial charge in [-0.15, -0.1) is 11.3 Å². The summed E-state index contributed by atoms with van der Waals surface area (Å²) in [4.78, 5) is 29.2. The maximum absolute atomic E-state index is 13.2. The number of ketones is 1. The molecule has 3 nitrogen and oxygen atoms in total. The zero-order valence-corrected chi connectivity index (χ0v) is 16.2. The average molecular weight is 365 g/mol. The molecule has 1 aromatic carbocycles. The fourth-order valence-corrected chi connectivity index (χ4v) is 5.05. The average Bonchev–Trinajstić information content (AvgIpc) is 3.06. The molecule has 1 aliphatic carbocycles. The Labute approximate surface area is 158 Å². The third-order valence-corrected chi connectivity index (χ3v) is 6.28. The van der Waals surface area contributed by atoms with E-state index >= 15 is 0 Å². The number of amides is 1. The molecular weight excluding hydrogens is 342 g/mol. The molecule has 1 amide bonds. The van der Waals surface area contributed by atoms with Crippen LogP contribution in [0, 0.1) is 12.3 Å². The van der Waals surface area contributed by atoms with Crippen LogP contribution in [0.3, 0.4) is 0 Å². The third-order valence-electron chi connectivity index (χ3n) is 5.29. The standard InChI is InChI=1S/C22H23NO2S/c1-14-6-4-7-15(10-14)23-17-12-22(2,3)13-18(24)21(17)16(11-20(23)25)19-8-5-9-26-19/h4-10,16H,11-13H2,1-3H3. The van der Waals surface area contributed by atoms with Crippen LogP contribution < -0.4 is 4.90 Å². The lowest BCUT2D eigenvalue weighted by Crippen LogP contribution is -2.43. The fourth-order valence-electron chi connectivity index (χ4n) is 4.21. The van der Waals surface area contributed by atoms with Crippen molar-refractivity contribution in [1.29, 1.82) is 0 Å². The van der Waals surface area contributed by atoms with E-state index in [9.17, 15) is 9.59 Å². The first kappa shape index (κ1) is 17.2. The summed E-state index contributed by atoms with van der Waals surface area (Å²) in [7, 11) is 0. The summed E-state index contributed by atoms with van der Waals surface area (Å²) < 4.78 is 0. The van der Waals surface area contributed by atoms with Gasteiger partial charge in [0.1, 0.15) is 0 Å². The van der Waals surface area contributed by atoms with Crippen molar-refractivity contribution in [3.8, 4) is 0 Å². The molecule has 0 spiro atoms. The second-order valence-corrected chi connectivity index (χ2v) is 9.12. The van der Waals surface area contributed by atoms with E-state index in [0.717, 1.165) is 33.8 Å². The Morgan fingerprint density at radius 1 is 1.12 bits per heavy atom. The first-order chi connectivity index (χ1) is 12.4. The number of carbonyl (C=O) groups excluding carboxylic acids is 2. The van der Waals surface area contributed by atoms with Crippen molar-refractivity contribution in [2.24, 2.45) is 5.41 Å². The summed E-state index contributed by atoms with van der Waals surface area (Å²) in [5.74, 6) is 0.181. The van der Waals surface area contributed by atoms with Crippen LogP contribution in [0.25, 0.3) is 0 Å². The number of carbonyl (C=O) groups is 2. The van der Waals surface area contributed by atoms with Gasteiger partial charge in [0.05, 0.1) is 0 Å². The topological polar surface area (TPSA) is 37.4 Å². The van der Waals surface area contributed by atoms with Crippen molar-refractivity contribution in [3.63, 3.8) is 0 Å². The zero-order valence-electron chi connectivity index (χ0n) is 15.4. The molecule has 1 aliphatic heterocycles. The Morgan fingerprint density at radius 2 is 1.92 bits per heavy atom. The highest BCUT2D eigenvalue weighted by atomic mass is 32.1. The molecule has 2 aromatic rings. The van der Waals surface area contributed by atoms with E-state index in [4.69, 9.17) is 0 Å². The van der Waals surface area contributed by atoms with Crippen molar-refractivity contribution in [1.82, 2.24) is 0 Å². The molecule has 0 fully saturated rings. The number of rotatable bonds is 2. The van der Waals surface area contributed by atoms with E-state index in [1.807, 2.05) is 53.6 Å². The number of allylic oxidation sites excluding steroid dienone is 2. The molecule has 1 aromatic heterocycles. The summed E-state index contributed by atoms with van der Waals surface area (Å²) in [6, 6.07) is 12.0. The van der Waals surface area contributed by atoms with Gasteiger partial charge in [0.2, 0.25) is 5.91 Å². The maximum Gasteiger partial charge on any atom is 0.232 e. The Morgan fingerprint density at radius 3 is 2.62 bits per heavy atom. The number of thiophene rings is 1. The number of Topliss-reactive ketones (excluding diaryl/α,β-unsaturated/α-hetero) is 1. The van der Waals surface area contributed by atoms with Crippen LogP contribution in [-0.2, 0) is 9.59 Å². The normalized spacial score (nSPS) is 22.6. The van der Waals surface area contributed by atoms with E-state index in [1.165, 1.54) is 0 Å². The van der Waals surface area contributed by atoms with Crippen molar-refractivity contribution < 1.29 is 9.59 Å². The summed E-state index contributed by atoms with van der Waals surface area (Å²) in [6.07, 6.45) is 1.65. The van der Waals surface area contributed by atoms with E-state index in [0.29, 0.717) is 12.8 Å². The third kappa shape index (κ3) is 2.92. The van der Waals surface area contributed by atoms with Gasteiger partial charge < -0.3 is 0 Å². The van der Waals surface area contributed by atoms with Crippen LogP contribution in [-0.4, -0.2) is 11.7 Å². The van der Waals surface area contributed by atoms with Gasteiger partial charge in [-0.1, -0.05) is 32.0 Å². The first-order valence-electron chi connectivity index (χ1n) is 9.05. The lowest BCUT2D eigenvalue weighted by Gasteiger charge is -2.42. The molecule has 0 bridgehead atoms. The molecule has 2 aliphatic rings. The van der Waals surface area contributed by atoms with Crippen LogP contribution in [0.15, 0.2) is 53.0 Å². The number of anilines is 1. The molecule has 2 heterocycles. The quantitative estimate of drug-likeness (QED) is 0.732. The van der Waals surface area contributed by atoms with Gasteiger partial charge in [0, 0.05) is 40.6 Å². The van der Waals surface area contributed by atoms with E-state index < -0.39 is 0 Å². The van der Waals surface area contributed by atoms with Crippen LogP contribution >= 0.6 is 11.3 Å². The molecule has 4 rings (SSSR count). The smallest absolute Gasteiger partial charge is 0.232 e. The highest BCUT2D eigenvalue weighted by Crippen LogP contribution is 2.48. The van der Waals surface area contributed by atoms with Gasteiger partial charge in [-0.2, -0.15) is 0 Å². The Balaban J connectivity index is 1.91. The van der Waals surface area contributed by atoms with Crippen molar-refractivity contribution in [2.75, 3.05) is 4.90 Å². The van der Waals surface area contributed by atoms with Gasteiger partial charge in [-0.3, -0.25) is 14.5 Å². The predicted octanol–water partition coefficient (Wildman–Crippen LogP) is 5.22. The number of aryl methyl sites for hydroxylation is 1. The molecule has 134 valence electrons. The fraction of sp³-hybridized carbons (Fsp3) is 0.364. The highest BCUT2D eigenvalue weighted by molar-refractivity contribution is 7.10. The summed E-state index contributed by atoms with van der Waals surface area (Å²) >= 11 is 1.63. The molecule has 0 saturated carbocycles. The zero-order chi connectivity index (χ0) is 18.5. The number of hydrogen-bond donors (Lipinski definition) is 0. The van der Waals surface area contributed by atoms with Crippen molar-refractivity contribution in [2.45, 2.75) is 46.0 Å². The molecule has 0 radical (unpaired) electrons. The molecular formula is C22H23NO2S. The first-order valence-corrected chi connectivity index (χ1v) is 9.93. The molecule has 0 N–H and O–H groups in total. The Hall–Kier alpha value is -2.20. The largest absolute Gasteiger partial charge is 0.294 e. The van der Waals surface area contributed by atoms with Crippen LogP contribution in [0.2, 0.25) is 0 Å². The van der Waals surface area contributed by atoms with Gasteiger partial charge in [0.15, 0.2) is 5.78 Å². The lowest BCUT2D eigenvalue weighted by molar-refractivity contribution is -0.120. The van der Waals surface area contributed by atoms with E-state index in [-0.39, 0.29) is 23.0 Å². The van der Waals surface area contributed by atoms with Crippen molar-refractivity contribution >= 4 is 28.7 Å². The molecule has 1 unspecified atom stereocenters. The van der Waals surface area contributed by atoms with E-state index in [2.05, 4.69) is 13.8 Å². The minimum Gasteiger partial charge on any atom is -0.294 e. The molecule has 0 saturated heterocycles. The lowest BCUT2D eigenvalue weighted by atomic mass is 9.70. The van der Waals surface area contributed by atoms with Crippen molar-refractivity contribution in [3.05, 3.63) is 63.5 Å². The maximum atomic E-state index is 13.2. The van der Waals surface area contributed by atoms with Crippen LogP contribution in [0.4, 0.5) is 5.69 Å². The number of nitrogens with zero attached hydrogens (tertiary/aromatic N) is 1. The highest BCUT2D eigenvalue weighted by Gasteiger charge is 2.44. The van der Waals surface area contributed by atoms with Gasteiger partial charge >= 0.3 is 0 Å². The van der Waals surface area contributed by atoms with Gasteiger partial charge in [-0.25, -0.2) is 0 Å². The Bertz CT molecular complexity index is 908. The Kier molecular flexibility index (Phi) is 4.11. The molecule has 26 heavy (non-hydrogen) atoms. The predicted molar refractivity (Wildman–Crippen MR) is 105 cm³/mol. The number of hydrogen-bond acceptors (Lipinski definition) is 3. The minimum atomic E-state index is -0.129. The SMILES string of the molecule is Cc1cccc(N2C(=O)CC(c3cccs3)C3=C2CC(C)(C)CC3=O)c1. The molecule has 4 heteroatoms. The summed E-state index contributed by atoms with van der Waals surface area (Å²) in [5, 5.41) is 2.02. The summed E-state index contributed by atoms with van der Waals surface area (Å²) in [5.41, 5.74) is 3.62. The monoisotopic (exact) mass is 365 g/mol. The van der Waals surface area contributed by atoms with Crippen LogP contribution in [0.5, 0.6) is 0 Å². The molecule has 1 atom stereocenters. The van der Waals surface area contributed by atoms with Crippen LogP contribution in [0.1, 0.15) is 49.5 Å². The van der Waals surface area contributed by atoms with E-state index in [1.54, 1.807) is 11.3 Å². The summed E-state index contributed by atoms with van der Waals surface area (Å²) in [6.45, 7) is 6.25. The number of benzene rings is 1. The second-order valence-electron chi connectivity index (χ2n) is 8.14. The second kappa shape index (κ2) is 6.20. The van der Waals surface area contributed by atoms with Gasteiger partial charge in [-0.05, 0) is 47.9 Å². The minimum absolute atomic E-state index is 0.0817. The van der Waals surface area contributed by atoms with Gasteiger partial charge in [0.25, 0.3) is 0 Å².